The van der Waals surface area contributed by atoms with Gasteiger partial charge in [0.15, 0.2) is 17.8 Å². The van der Waals surface area contributed by atoms with E-state index in [0.717, 1.165) is 18.8 Å². The monoisotopic (exact) mass is 391 g/mol. The van der Waals surface area contributed by atoms with Crippen LogP contribution >= 0.6 is 0 Å². The number of esters is 1. The topological polar surface area (TPSA) is 75.9 Å². The molecule has 29 heavy (non-hydrogen) atoms. The largest absolute Gasteiger partial charge is 0.464 e. The van der Waals surface area contributed by atoms with Crippen LogP contribution in [0.1, 0.15) is 20.8 Å². The Kier molecular flexibility index (Phi) is 5.29. The molecule has 0 unspecified atom stereocenters. The number of carbonyl (C=O) groups excluding carboxylic acids is 2. The first-order chi connectivity index (χ1) is 14.2. The second-order valence-corrected chi connectivity index (χ2v) is 6.68. The van der Waals surface area contributed by atoms with E-state index in [0.29, 0.717) is 24.2 Å². The molecule has 2 aromatic carbocycles. The quantitative estimate of drug-likeness (QED) is 0.636. The standard InChI is InChI=1S/C22H21N3O4/c1-28-22(27)19-20(29-15-23-19)17-9-5-6-10-18(17)21(26)25-13-11-24(12-14-25)16-7-3-2-4-8-16/h2-10,15H,11-14H2,1H3. The van der Waals surface area contributed by atoms with Gasteiger partial charge in [-0.2, -0.15) is 0 Å². The van der Waals surface area contributed by atoms with Crippen molar-refractivity contribution in [3.05, 3.63) is 72.2 Å². The molecule has 0 atom stereocenters. The van der Waals surface area contributed by atoms with E-state index >= 15 is 0 Å². The zero-order chi connectivity index (χ0) is 20.2. The Morgan fingerprint density at radius 3 is 2.38 bits per heavy atom. The lowest BCUT2D eigenvalue weighted by Gasteiger charge is -2.36. The molecule has 1 saturated heterocycles. The number of aromatic nitrogens is 1. The van der Waals surface area contributed by atoms with Crippen LogP contribution in [-0.4, -0.2) is 55.0 Å². The fraction of sp³-hybridized carbons (Fsp3) is 0.227. The maximum atomic E-state index is 13.2. The number of ether oxygens (including phenoxy) is 1. The van der Waals surface area contributed by atoms with Crippen LogP contribution in [0.5, 0.6) is 0 Å². The smallest absolute Gasteiger partial charge is 0.360 e. The van der Waals surface area contributed by atoms with Crippen LogP contribution in [0.25, 0.3) is 11.3 Å². The van der Waals surface area contributed by atoms with E-state index in [2.05, 4.69) is 22.0 Å². The van der Waals surface area contributed by atoms with Gasteiger partial charge in [-0.15, -0.1) is 0 Å². The SMILES string of the molecule is COC(=O)c1ncoc1-c1ccccc1C(=O)N1CCN(c2ccccc2)CC1. The second-order valence-electron chi connectivity index (χ2n) is 6.68. The van der Waals surface area contributed by atoms with Gasteiger partial charge in [0.05, 0.1) is 12.7 Å². The van der Waals surface area contributed by atoms with E-state index in [9.17, 15) is 9.59 Å². The Hall–Kier alpha value is -3.61. The lowest BCUT2D eigenvalue weighted by atomic mass is 10.0. The van der Waals surface area contributed by atoms with Crippen molar-refractivity contribution in [2.24, 2.45) is 0 Å². The number of benzene rings is 2. The summed E-state index contributed by atoms with van der Waals surface area (Å²) in [6, 6.07) is 17.3. The molecule has 4 rings (SSSR count). The van der Waals surface area contributed by atoms with Gasteiger partial charge < -0.3 is 19.0 Å². The molecule has 0 aliphatic carbocycles. The number of amides is 1. The second kappa shape index (κ2) is 8.18. The summed E-state index contributed by atoms with van der Waals surface area (Å²) >= 11 is 0. The summed E-state index contributed by atoms with van der Waals surface area (Å²) in [6.07, 6.45) is 1.18. The summed E-state index contributed by atoms with van der Waals surface area (Å²) in [5.41, 5.74) is 2.22. The van der Waals surface area contributed by atoms with Gasteiger partial charge in [0.2, 0.25) is 0 Å². The van der Waals surface area contributed by atoms with Crippen molar-refractivity contribution < 1.29 is 18.7 Å². The molecule has 1 aliphatic rings. The Balaban J connectivity index is 1.55. The summed E-state index contributed by atoms with van der Waals surface area (Å²) in [6.45, 7) is 2.74. The Labute approximate surface area is 168 Å². The number of hydrogen-bond acceptors (Lipinski definition) is 6. The van der Waals surface area contributed by atoms with Gasteiger partial charge in [-0.1, -0.05) is 36.4 Å². The summed E-state index contributed by atoms with van der Waals surface area (Å²) in [7, 11) is 1.28. The third kappa shape index (κ3) is 3.71. The van der Waals surface area contributed by atoms with Crippen molar-refractivity contribution in [1.29, 1.82) is 0 Å². The van der Waals surface area contributed by atoms with Crippen molar-refractivity contribution in [1.82, 2.24) is 9.88 Å². The van der Waals surface area contributed by atoms with Gasteiger partial charge in [-0.05, 0) is 18.2 Å². The molecular formula is C22H21N3O4. The van der Waals surface area contributed by atoms with E-state index in [-0.39, 0.29) is 17.4 Å². The highest BCUT2D eigenvalue weighted by molar-refractivity contribution is 6.03. The number of piperazine rings is 1. The minimum absolute atomic E-state index is 0.0571. The van der Waals surface area contributed by atoms with Gasteiger partial charge in [0, 0.05) is 37.4 Å². The summed E-state index contributed by atoms with van der Waals surface area (Å²) in [5, 5.41) is 0. The van der Waals surface area contributed by atoms with Crippen LogP contribution in [0.3, 0.4) is 0 Å². The maximum Gasteiger partial charge on any atom is 0.360 e. The molecule has 0 saturated carbocycles. The molecule has 1 aromatic heterocycles. The number of carbonyl (C=O) groups is 2. The molecule has 3 aromatic rings. The molecule has 7 heteroatoms. The van der Waals surface area contributed by atoms with Gasteiger partial charge in [0.1, 0.15) is 0 Å². The van der Waals surface area contributed by atoms with Crippen LogP contribution in [0.4, 0.5) is 5.69 Å². The molecule has 0 radical (unpaired) electrons. The van der Waals surface area contributed by atoms with Gasteiger partial charge in [-0.3, -0.25) is 4.79 Å². The number of rotatable bonds is 4. The van der Waals surface area contributed by atoms with Gasteiger partial charge in [0.25, 0.3) is 5.91 Å². The first-order valence-electron chi connectivity index (χ1n) is 9.39. The predicted molar refractivity (Wildman–Crippen MR) is 108 cm³/mol. The van der Waals surface area contributed by atoms with E-state index in [1.165, 1.54) is 13.5 Å². The maximum absolute atomic E-state index is 13.2. The average molecular weight is 391 g/mol. The molecule has 148 valence electrons. The summed E-state index contributed by atoms with van der Waals surface area (Å²) in [5.74, 6) is -0.461. The minimum Gasteiger partial charge on any atom is -0.464 e. The molecule has 0 N–H and O–H groups in total. The Bertz CT molecular complexity index is 1010. The molecule has 1 amide bonds. The molecule has 2 heterocycles. The lowest BCUT2D eigenvalue weighted by Crippen LogP contribution is -2.48. The molecule has 7 nitrogen and oxygen atoms in total. The van der Waals surface area contributed by atoms with Crippen molar-refractivity contribution in [3.8, 4) is 11.3 Å². The fourth-order valence-electron chi connectivity index (χ4n) is 3.52. The van der Waals surface area contributed by atoms with Crippen LogP contribution in [-0.2, 0) is 4.74 Å². The lowest BCUT2D eigenvalue weighted by molar-refractivity contribution is 0.0594. The van der Waals surface area contributed by atoms with Crippen LogP contribution in [0.15, 0.2) is 65.4 Å². The Morgan fingerprint density at radius 2 is 1.66 bits per heavy atom. The molecule has 1 fully saturated rings. The number of nitrogens with zero attached hydrogens (tertiary/aromatic N) is 3. The van der Waals surface area contributed by atoms with E-state index in [4.69, 9.17) is 9.15 Å². The van der Waals surface area contributed by atoms with Crippen molar-refractivity contribution in [2.45, 2.75) is 0 Å². The highest BCUT2D eigenvalue weighted by Gasteiger charge is 2.27. The van der Waals surface area contributed by atoms with Gasteiger partial charge in [-0.25, -0.2) is 9.78 Å². The number of methoxy groups -OCH3 is 1. The normalized spacial score (nSPS) is 14.0. The average Bonchev–Trinajstić information content (AvgIpc) is 3.28. The number of oxazole rings is 1. The molecule has 1 aliphatic heterocycles. The first kappa shape index (κ1) is 18.7. The molecular weight excluding hydrogens is 370 g/mol. The van der Waals surface area contributed by atoms with Crippen LogP contribution in [0, 0.1) is 0 Å². The number of hydrogen-bond donors (Lipinski definition) is 0. The molecule has 0 spiro atoms. The predicted octanol–water partition coefficient (Wildman–Crippen LogP) is 3.09. The zero-order valence-corrected chi connectivity index (χ0v) is 16.1. The van der Waals surface area contributed by atoms with E-state index < -0.39 is 5.97 Å². The third-order valence-electron chi connectivity index (χ3n) is 5.04. The van der Waals surface area contributed by atoms with Crippen molar-refractivity contribution in [2.75, 3.05) is 38.2 Å². The van der Waals surface area contributed by atoms with Crippen molar-refractivity contribution >= 4 is 17.6 Å². The number of anilines is 1. The van der Waals surface area contributed by atoms with E-state index in [1.54, 1.807) is 24.3 Å². The highest BCUT2D eigenvalue weighted by Crippen LogP contribution is 2.28. The number of para-hydroxylation sites is 1. The first-order valence-corrected chi connectivity index (χ1v) is 9.39. The summed E-state index contributed by atoms with van der Waals surface area (Å²) in [4.78, 5) is 33.3. The fourth-order valence-corrected chi connectivity index (χ4v) is 3.52. The van der Waals surface area contributed by atoms with E-state index in [1.807, 2.05) is 23.1 Å². The zero-order valence-electron chi connectivity index (χ0n) is 16.1. The summed E-state index contributed by atoms with van der Waals surface area (Å²) < 4.78 is 10.2. The highest BCUT2D eigenvalue weighted by atomic mass is 16.5. The Morgan fingerprint density at radius 1 is 0.966 bits per heavy atom. The minimum atomic E-state index is -0.604. The van der Waals surface area contributed by atoms with Crippen LogP contribution in [0.2, 0.25) is 0 Å². The van der Waals surface area contributed by atoms with Gasteiger partial charge >= 0.3 is 5.97 Å². The van der Waals surface area contributed by atoms with Crippen molar-refractivity contribution in [3.63, 3.8) is 0 Å². The third-order valence-corrected chi connectivity index (χ3v) is 5.04. The van der Waals surface area contributed by atoms with Crippen LogP contribution < -0.4 is 4.90 Å². The molecule has 0 bridgehead atoms.